The first-order valence-corrected chi connectivity index (χ1v) is 7.67. The summed E-state index contributed by atoms with van der Waals surface area (Å²) in [5.41, 5.74) is 6.02. The van der Waals surface area contributed by atoms with Crippen LogP contribution in [0.1, 0.15) is 12.5 Å². The van der Waals surface area contributed by atoms with E-state index in [9.17, 15) is 0 Å². The molecule has 0 spiro atoms. The van der Waals surface area contributed by atoms with Crippen molar-refractivity contribution in [2.75, 3.05) is 5.43 Å². The van der Waals surface area contributed by atoms with Gasteiger partial charge in [0, 0.05) is 0 Å². The van der Waals surface area contributed by atoms with Crippen LogP contribution < -0.4 is 5.43 Å². The minimum atomic E-state index is 0.542. The second kappa shape index (κ2) is 6.44. The van der Waals surface area contributed by atoms with Gasteiger partial charge in [0.1, 0.15) is 0 Å². The first-order valence-electron chi connectivity index (χ1n) is 6.85. The highest BCUT2D eigenvalue weighted by Crippen LogP contribution is 2.27. The molecule has 6 heteroatoms. The number of rotatable bonds is 3. The number of azo groups is 1. The molecule has 3 aromatic rings. The molecule has 2 aromatic carbocycles. The summed E-state index contributed by atoms with van der Waals surface area (Å²) >= 11 is 1.51. The summed E-state index contributed by atoms with van der Waals surface area (Å²) in [6.45, 7) is 3.84. The van der Waals surface area contributed by atoms with Gasteiger partial charge in [0.15, 0.2) is 5.84 Å². The zero-order chi connectivity index (χ0) is 15.4. The summed E-state index contributed by atoms with van der Waals surface area (Å²) in [6, 6.07) is 15.9. The van der Waals surface area contributed by atoms with Crippen LogP contribution in [0.2, 0.25) is 0 Å². The fraction of sp³-hybridized carbons (Fsp3) is 0.125. The van der Waals surface area contributed by atoms with E-state index in [0.717, 1.165) is 15.9 Å². The van der Waals surface area contributed by atoms with E-state index in [-0.39, 0.29) is 0 Å². The highest BCUT2D eigenvalue weighted by molar-refractivity contribution is 7.21. The standard InChI is InChI=1S/C16H15N5S/c1-11-7-9-13(10-8-11)20-18-12(2)19-21-16-17-14-5-3-4-6-15(14)22-16/h3-10,20H,1-2H3/b18-12+,21-19?. The molecule has 0 atom stereocenters. The molecule has 0 aliphatic rings. The van der Waals surface area contributed by atoms with Crippen LogP contribution in [0.3, 0.4) is 0 Å². The quantitative estimate of drug-likeness (QED) is 0.315. The lowest BCUT2D eigenvalue weighted by molar-refractivity contribution is 1.20. The molecular weight excluding hydrogens is 294 g/mol. The van der Waals surface area contributed by atoms with Crippen molar-refractivity contribution in [1.82, 2.24) is 4.98 Å². The van der Waals surface area contributed by atoms with Crippen LogP contribution in [0.15, 0.2) is 63.9 Å². The van der Waals surface area contributed by atoms with Crippen molar-refractivity contribution in [1.29, 1.82) is 0 Å². The van der Waals surface area contributed by atoms with Crippen LogP contribution in [0.5, 0.6) is 0 Å². The number of amidine groups is 1. The van der Waals surface area contributed by atoms with Gasteiger partial charge in [-0.05, 0) is 38.1 Å². The molecule has 0 aliphatic heterocycles. The van der Waals surface area contributed by atoms with Crippen LogP contribution in [0, 0.1) is 6.92 Å². The summed E-state index contributed by atoms with van der Waals surface area (Å²) in [5.74, 6) is 0.542. The Morgan fingerprint density at radius 1 is 1.09 bits per heavy atom. The molecule has 110 valence electrons. The maximum atomic E-state index is 4.40. The number of hydrazone groups is 1. The summed E-state index contributed by atoms with van der Waals surface area (Å²) in [7, 11) is 0. The Labute approximate surface area is 132 Å². The molecule has 0 saturated carbocycles. The van der Waals surface area contributed by atoms with E-state index in [2.05, 4.69) is 25.7 Å². The lowest BCUT2D eigenvalue weighted by Crippen LogP contribution is -1.93. The van der Waals surface area contributed by atoms with E-state index in [0.29, 0.717) is 11.0 Å². The smallest absolute Gasteiger partial charge is 0.231 e. The lowest BCUT2D eigenvalue weighted by Gasteiger charge is -2.00. The normalized spacial score (nSPS) is 12.2. The average molecular weight is 309 g/mol. The number of aryl methyl sites for hydroxylation is 1. The van der Waals surface area contributed by atoms with Crippen molar-refractivity contribution in [3.8, 4) is 0 Å². The zero-order valence-corrected chi connectivity index (χ0v) is 13.1. The van der Waals surface area contributed by atoms with E-state index >= 15 is 0 Å². The minimum absolute atomic E-state index is 0.542. The lowest BCUT2D eigenvalue weighted by atomic mass is 10.2. The second-order valence-corrected chi connectivity index (χ2v) is 5.81. The summed E-state index contributed by atoms with van der Waals surface area (Å²) in [4.78, 5) is 4.40. The van der Waals surface area contributed by atoms with Crippen LogP contribution in [-0.2, 0) is 0 Å². The SMILES string of the molecule is C/C(N=Nc1nc2ccccc2s1)=N\Nc1ccc(C)cc1. The number of hydrogen-bond donors (Lipinski definition) is 1. The molecule has 0 fully saturated rings. The third-order valence-electron chi connectivity index (χ3n) is 2.96. The number of thiazole rings is 1. The van der Waals surface area contributed by atoms with Gasteiger partial charge in [0.25, 0.3) is 0 Å². The number of fused-ring (bicyclic) bond motifs is 1. The zero-order valence-electron chi connectivity index (χ0n) is 12.3. The van der Waals surface area contributed by atoms with E-state index in [1.54, 1.807) is 6.92 Å². The third kappa shape index (κ3) is 3.53. The van der Waals surface area contributed by atoms with Gasteiger partial charge in [0.2, 0.25) is 5.13 Å². The molecule has 0 bridgehead atoms. The Bertz CT molecular complexity index is 800. The highest BCUT2D eigenvalue weighted by Gasteiger charge is 2.01. The topological polar surface area (TPSA) is 62.0 Å². The van der Waals surface area contributed by atoms with Crippen molar-refractivity contribution < 1.29 is 0 Å². The molecule has 3 rings (SSSR count). The first-order chi connectivity index (χ1) is 10.7. The summed E-state index contributed by atoms with van der Waals surface area (Å²) in [5, 5.41) is 13.0. The third-order valence-corrected chi connectivity index (χ3v) is 3.88. The van der Waals surface area contributed by atoms with E-state index in [1.165, 1.54) is 16.9 Å². The molecule has 0 saturated heterocycles. The summed E-state index contributed by atoms with van der Waals surface area (Å²) in [6.07, 6.45) is 0. The Hall–Kier alpha value is -2.60. The fourth-order valence-corrected chi connectivity index (χ4v) is 2.60. The van der Waals surface area contributed by atoms with Crippen LogP contribution >= 0.6 is 11.3 Å². The molecule has 1 aromatic heterocycles. The highest BCUT2D eigenvalue weighted by atomic mass is 32.1. The largest absolute Gasteiger partial charge is 0.277 e. The maximum absolute atomic E-state index is 4.40. The van der Waals surface area contributed by atoms with Gasteiger partial charge in [-0.1, -0.05) is 41.2 Å². The monoisotopic (exact) mass is 309 g/mol. The minimum Gasteiger partial charge on any atom is -0.277 e. The molecule has 5 nitrogen and oxygen atoms in total. The number of anilines is 1. The predicted octanol–water partition coefficient (Wildman–Crippen LogP) is 5.13. The van der Waals surface area contributed by atoms with Gasteiger partial charge in [-0.3, -0.25) is 5.43 Å². The van der Waals surface area contributed by atoms with Gasteiger partial charge < -0.3 is 0 Å². The maximum Gasteiger partial charge on any atom is 0.231 e. The number of para-hydroxylation sites is 1. The van der Waals surface area contributed by atoms with E-state index in [1.807, 2.05) is 55.5 Å². The van der Waals surface area contributed by atoms with Crippen molar-refractivity contribution >= 4 is 38.2 Å². The average Bonchev–Trinajstić information content (AvgIpc) is 2.95. The molecule has 22 heavy (non-hydrogen) atoms. The van der Waals surface area contributed by atoms with Crippen LogP contribution in [0.4, 0.5) is 10.8 Å². The Morgan fingerprint density at radius 3 is 2.64 bits per heavy atom. The van der Waals surface area contributed by atoms with Gasteiger partial charge >= 0.3 is 0 Å². The van der Waals surface area contributed by atoms with Gasteiger partial charge in [-0.25, -0.2) is 4.98 Å². The molecule has 0 radical (unpaired) electrons. The Balaban J connectivity index is 1.68. The van der Waals surface area contributed by atoms with Crippen LogP contribution in [-0.4, -0.2) is 10.8 Å². The van der Waals surface area contributed by atoms with Crippen molar-refractivity contribution in [3.63, 3.8) is 0 Å². The summed E-state index contributed by atoms with van der Waals surface area (Å²) < 4.78 is 1.10. The second-order valence-electron chi connectivity index (χ2n) is 4.80. The van der Waals surface area contributed by atoms with Gasteiger partial charge in [0.05, 0.1) is 15.9 Å². The first kappa shape index (κ1) is 14.3. The predicted molar refractivity (Wildman–Crippen MR) is 92.0 cm³/mol. The van der Waals surface area contributed by atoms with Gasteiger partial charge in [-0.2, -0.15) is 5.10 Å². The van der Waals surface area contributed by atoms with E-state index in [4.69, 9.17) is 0 Å². The van der Waals surface area contributed by atoms with Crippen molar-refractivity contribution in [2.45, 2.75) is 13.8 Å². The fourth-order valence-electron chi connectivity index (χ4n) is 1.81. The van der Waals surface area contributed by atoms with Gasteiger partial charge in [-0.15, -0.1) is 10.2 Å². The Kier molecular flexibility index (Phi) is 4.20. The Morgan fingerprint density at radius 2 is 1.86 bits per heavy atom. The number of nitrogens with one attached hydrogen (secondary N) is 1. The molecule has 1 heterocycles. The number of benzene rings is 2. The molecule has 0 unspecified atom stereocenters. The number of nitrogens with zero attached hydrogens (tertiary/aromatic N) is 4. The number of aromatic nitrogens is 1. The van der Waals surface area contributed by atoms with Crippen molar-refractivity contribution in [2.24, 2.45) is 15.3 Å². The van der Waals surface area contributed by atoms with Crippen molar-refractivity contribution in [3.05, 3.63) is 54.1 Å². The van der Waals surface area contributed by atoms with E-state index < -0.39 is 0 Å². The molecule has 0 amide bonds. The molecule has 1 N–H and O–H groups in total. The van der Waals surface area contributed by atoms with Crippen LogP contribution in [0.25, 0.3) is 10.2 Å². The molecule has 0 aliphatic carbocycles. The molecular formula is C16H15N5S. The number of hydrogen-bond acceptors (Lipinski definition) is 5.